The minimum absolute atomic E-state index is 0.0224. The van der Waals surface area contributed by atoms with Crippen molar-refractivity contribution in [1.29, 1.82) is 0 Å². The van der Waals surface area contributed by atoms with E-state index in [0.29, 0.717) is 5.16 Å². The zero-order valence-electron chi connectivity index (χ0n) is 12.8. The topological polar surface area (TPSA) is 113 Å². The second kappa shape index (κ2) is 7.58. The maximum atomic E-state index is 12.1. The molecular formula is C16H12N5O3S-. The highest BCUT2D eigenvalue weighted by molar-refractivity contribution is 7.99. The second-order valence-corrected chi connectivity index (χ2v) is 5.82. The van der Waals surface area contributed by atoms with Crippen LogP contribution in [0.4, 0.5) is 5.69 Å². The number of amides is 1. The first-order chi connectivity index (χ1) is 12.1. The Labute approximate surface area is 146 Å². The van der Waals surface area contributed by atoms with Gasteiger partial charge in [-0.3, -0.25) is 4.79 Å². The summed E-state index contributed by atoms with van der Waals surface area (Å²) in [5.74, 6) is -1.70. The summed E-state index contributed by atoms with van der Waals surface area (Å²) >= 11 is 1.14. The zero-order chi connectivity index (χ0) is 17.6. The average molecular weight is 354 g/mol. The number of rotatable bonds is 6. The SMILES string of the molecule is O=C(CSc1nnnn1-c1ccccc1)Nc1ccccc1C(=O)[O-]. The highest BCUT2D eigenvalue weighted by Gasteiger charge is 2.12. The molecule has 1 amide bonds. The fourth-order valence-corrected chi connectivity index (χ4v) is 2.78. The van der Waals surface area contributed by atoms with E-state index in [2.05, 4.69) is 20.8 Å². The minimum Gasteiger partial charge on any atom is -0.545 e. The van der Waals surface area contributed by atoms with Crippen molar-refractivity contribution >= 4 is 29.3 Å². The summed E-state index contributed by atoms with van der Waals surface area (Å²) in [6.07, 6.45) is 0. The fraction of sp³-hybridized carbons (Fsp3) is 0.0625. The summed E-state index contributed by atoms with van der Waals surface area (Å²) in [6, 6.07) is 15.3. The van der Waals surface area contributed by atoms with E-state index < -0.39 is 5.97 Å². The van der Waals surface area contributed by atoms with Crippen molar-refractivity contribution in [3.63, 3.8) is 0 Å². The van der Waals surface area contributed by atoms with Gasteiger partial charge in [0.15, 0.2) is 0 Å². The quantitative estimate of drug-likeness (QED) is 0.650. The monoisotopic (exact) mass is 354 g/mol. The Kier molecular flexibility index (Phi) is 5.05. The van der Waals surface area contributed by atoms with Gasteiger partial charge in [0.1, 0.15) is 0 Å². The zero-order valence-corrected chi connectivity index (χ0v) is 13.6. The van der Waals surface area contributed by atoms with Gasteiger partial charge in [-0.15, -0.1) is 5.10 Å². The Balaban J connectivity index is 1.67. The Hall–Kier alpha value is -3.20. The number of hydrogen-bond acceptors (Lipinski definition) is 7. The number of benzene rings is 2. The van der Waals surface area contributed by atoms with Crippen LogP contribution in [-0.2, 0) is 4.79 Å². The summed E-state index contributed by atoms with van der Waals surface area (Å²) in [5, 5.41) is 25.5. The molecule has 0 radical (unpaired) electrons. The number of carbonyl (C=O) groups is 2. The van der Waals surface area contributed by atoms with Crippen LogP contribution in [0.5, 0.6) is 0 Å². The van der Waals surface area contributed by atoms with Crippen LogP contribution in [-0.4, -0.2) is 37.8 Å². The first-order valence-corrected chi connectivity index (χ1v) is 8.20. The lowest BCUT2D eigenvalue weighted by Crippen LogP contribution is -2.25. The maximum Gasteiger partial charge on any atom is 0.234 e. The molecule has 8 nitrogen and oxygen atoms in total. The molecule has 1 N–H and O–H groups in total. The highest BCUT2D eigenvalue weighted by Crippen LogP contribution is 2.19. The molecule has 0 aliphatic carbocycles. The molecule has 126 valence electrons. The molecule has 1 aromatic heterocycles. The van der Waals surface area contributed by atoms with Crippen molar-refractivity contribution in [1.82, 2.24) is 20.2 Å². The molecular weight excluding hydrogens is 342 g/mol. The number of anilines is 1. The summed E-state index contributed by atoms with van der Waals surface area (Å²) in [6.45, 7) is 0. The Morgan fingerprint density at radius 2 is 1.80 bits per heavy atom. The van der Waals surface area contributed by atoms with E-state index in [0.717, 1.165) is 17.4 Å². The molecule has 0 saturated carbocycles. The number of carboxylic acids is 1. The highest BCUT2D eigenvalue weighted by atomic mass is 32.2. The molecule has 0 fully saturated rings. The molecule has 0 aliphatic rings. The van der Waals surface area contributed by atoms with Gasteiger partial charge in [0, 0.05) is 11.3 Å². The van der Waals surface area contributed by atoms with Gasteiger partial charge in [-0.1, -0.05) is 48.2 Å². The van der Waals surface area contributed by atoms with E-state index in [1.807, 2.05) is 30.3 Å². The number of nitrogens with zero attached hydrogens (tertiary/aromatic N) is 4. The molecule has 0 aliphatic heterocycles. The van der Waals surface area contributed by atoms with Crippen LogP contribution < -0.4 is 10.4 Å². The van der Waals surface area contributed by atoms with Crippen LogP contribution in [0, 0.1) is 0 Å². The molecule has 25 heavy (non-hydrogen) atoms. The van der Waals surface area contributed by atoms with E-state index in [1.165, 1.54) is 16.8 Å². The largest absolute Gasteiger partial charge is 0.545 e. The van der Waals surface area contributed by atoms with Gasteiger partial charge in [0.05, 0.1) is 17.4 Å². The first-order valence-electron chi connectivity index (χ1n) is 7.22. The van der Waals surface area contributed by atoms with Crippen molar-refractivity contribution in [2.75, 3.05) is 11.1 Å². The maximum absolute atomic E-state index is 12.1. The van der Waals surface area contributed by atoms with Crippen LogP contribution in [0.1, 0.15) is 10.4 Å². The standard InChI is InChI=1S/C16H13N5O3S/c22-14(17-13-9-5-4-8-12(13)15(23)24)10-25-16-18-19-20-21(16)11-6-2-1-3-7-11/h1-9H,10H2,(H,17,22)(H,23,24)/p-1. The van der Waals surface area contributed by atoms with Crippen molar-refractivity contribution in [2.45, 2.75) is 5.16 Å². The van der Waals surface area contributed by atoms with E-state index in [-0.39, 0.29) is 22.9 Å². The van der Waals surface area contributed by atoms with E-state index in [4.69, 9.17) is 0 Å². The molecule has 1 heterocycles. The molecule has 3 rings (SSSR count). The molecule has 9 heteroatoms. The third-order valence-corrected chi connectivity index (χ3v) is 4.11. The summed E-state index contributed by atoms with van der Waals surface area (Å²) < 4.78 is 1.52. The predicted molar refractivity (Wildman–Crippen MR) is 89.3 cm³/mol. The van der Waals surface area contributed by atoms with Gasteiger partial charge >= 0.3 is 0 Å². The minimum atomic E-state index is -1.35. The van der Waals surface area contributed by atoms with Gasteiger partial charge in [-0.2, -0.15) is 4.68 Å². The lowest BCUT2D eigenvalue weighted by Gasteiger charge is -2.11. The number of hydrogen-bond donors (Lipinski definition) is 1. The van der Waals surface area contributed by atoms with Crippen LogP contribution in [0.2, 0.25) is 0 Å². The molecule has 2 aromatic carbocycles. The Morgan fingerprint density at radius 3 is 2.56 bits per heavy atom. The third kappa shape index (κ3) is 4.01. The number of para-hydroxylation sites is 2. The molecule has 0 saturated heterocycles. The normalized spacial score (nSPS) is 10.4. The van der Waals surface area contributed by atoms with Crippen LogP contribution >= 0.6 is 11.8 Å². The van der Waals surface area contributed by atoms with Gasteiger partial charge < -0.3 is 15.2 Å². The average Bonchev–Trinajstić information content (AvgIpc) is 3.09. The van der Waals surface area contributed by atoms with Crippen molar-refractivity contribution < 1.29 is 14.7 Å². The number of aromatic nitrogens is 4. The number of aromatic carboxylic acids is 1. The number of tetrazole rings is 1. The van der Waals surface area contributed by atoms with Gasteiger partial charge in [0.2, 0.25) is 11.1 Å². The Morgan fingerprint density at radius 1 is 1.08 bits per heavy atom. The molecule has 0 spiro atoms. The number of carboxylic acid groups (broad SMARTS) is 1. The van der Waals surface area contributed by atoms with Crippen molar-refractivity contribution in [2.24, 2.45) is 0 Å². The number of nitrogens with one attached hydrogen (secondary N) is 1. The van der Waals surface area contributed by atoms with Crippen molar-refractivity contribution in [3.05, 3.63) is 60.2 Å². The van der Waals surface area contributed by atoms with Gasteiger partial charge in [-0.25, -0.2) is 0 Å². The van der Waals surface area contributed by atoms with E-state index >= 15 is 0 Å². The summed E-state index contributed by atoms with van der Waals surface area (Å²) in [7, 11) is 0. The lowest BCUT2D eigenvalue weighted by atomic mass is 10.2. The van der Waals surface area contributed by atoms with Crippen molar-refractivity contribution in [3.8, 4) is 5.69 Å². The fourth-order valence-electron chi connectivity index (χ4n) is 2.09. The summed E-state index contributed by atoms with van der Waals surface area (Å²) in [4.78, 5) is 23.2. The first kappa shape index (κ1) is 16.7. The lowest BCUT2D eigenvalue weighted by molar-refractivity contribution is -0.254. The second-order valence-electron chi connectivity index (χ2n) is 4.88. The van der Waals surface area contributed by atoms with E-state index in [9.17, 15) is 14.7 Å². The molecule has 0 bridgehead atoms. The third-order valence-electron chi connectivity index (χ3n) is 3.20. The Bertz CT molecular complexity index is 898. The number of thioether (sulfide) groups is 1. The molecule has 0 unspecified atom stereocenters. The predicted octanol–water partition coefficient (Wildman–Crippen LogP) is 0.757. The van der Waals surface area contributed by atoms with Gasteiger partial charge in [0.25, 0.3) is 0 Å². The van der Waals surface area contributed by atoms with Crippen LogP contribution in [0.3, 0.4) is 0 Å². The number of carbonyl (C=O) groups excluding carboxylic acids is 2. The van der Waals surface area contributed by atoms with Crippen LogP contribution in [0.15, 0.2) is 59.8 Å². The van der Waals surface area contributed by atoms with Crippen LogP contribution in [0.25, 0.3) is 5.69 Å². The molecule has 0 atom stereocenters. The smallest absolute Gasteiger partial charge is 0.234 e. The summed E-state index contributed by atoms with van der Waals surface area (Å²) in [5.41, 5.74) is 0.892. The van der Waals surface area contributed by atoms with Gasteiger partial charge in [-0.05, 0) is 28.6 Å². The van der Waals surface area contributed by atoms with E-state index in [1.54, 1.807) is 12.1 Å². The molecule has 3 aromatic rings.